The van der Waals surface area contributed by atoms with E-state index < -0.39 is 0 Å². The van der Waals surface area contributed by atoms with Gasteiger partial charge >= 0.3 is 9.41 Å². The molecule has 0 heterocycles. The minimum absolute atomic E-state index is 0.215. The maximum absolute atomic E-state index is 10.1. The van der Waals surface area contributed by atoms with E-state index in [4.69, 9.17) is 0 Å². The van der Waals surface area contributed by atoms with Crippen molar-refractivity contribution in [2.24, 2.45) is 0 Å². The summed E-state index contributed by atoms with van der Waals surface area (Å²) in [6.45, 7) is 0. The van der Waals surface area contributed by atoms with Crippen LogP contribution in [0, 0.1) is 0 Å². The fourth-order valence-corrected chi connectivity index (χ4v) is 1.08. The van der Waals surface area contributed by atoms with Crippen molar-refractivity contribution in [2.45, 2.75) is 6.04 Å². The fraction of sp³-hybridized carbons (Fsp3) is 0.143. The molecule has 0 aliphatic carbocycles. The molecule has 1 nitrogen and oxygen atoms in total. The SMILES string of the molecule is O=[Si]Cc1ccccc1. The predicted octanol–water partition coefficient (Wildman–Crippen LogP) is 1.24. The Bertz CT molecular complexity index is 183. The predicted molar refractivity (Wildman–Crippen MR) is 36.6 cm³/mol. The highest BCUT2D eigenvalue weighted by Gasteiger charge is 1.86. The summed E-state index contributed by atoms with van der Waals surface area (Å²) in [7, 11) is -0.215. The highest BCUT2D eigenvalue weighted by atomic mass is 28.2. The van der Waals surface area contributed by atoms with Crippen LogP contribution in [-0.4, -0.2) is 9.41 Å². The van der Waals surface area contributed by atoms with Gasteiger partial charge in [0, 0.05) is 6.04 Å². The highest BCUT2D eigenvalue weighted by molar-refractivity contribution is 6.16. The topological polar surface area (TPSA) is 17.1 Å². The van der Waals surface area contributed by atoms with Gasteiger partial charge in [0.15, 0.2) is 0 Å². The van der Waals surface area contributed by atoms with Crippen LogP contribution in [0.1, 0.15) is 5.56 Å². The van der Waals surface area contributed by atoms with E-state index in [0.29, 0.717) is 6.04 Å². The summed E-state index contributed by atoms with van der Waals surface area (Å²) in [5.74, 6) is 0. The molecule has 45 valence electrons. The summed E-state index contributed by atoms with van der Waals surface area (Å²) in [6.07, 6.45) is 0. The van der Waals surface area contributed by atoms with Crippen LogP contribution in [0.15, 0.2) is 30.3 Å². The first-order valence-electron chi connectivity index (χ1n) is 2.82. The first-order chi connectivity index (χ1) is 4.43. The number of benzene rings is 1. The molecule has 0 atom stereocenters. The first kappa shape index (κ1) is 6.36. The Hall–Kier alpha value is -0.763. The zero-order valence-electron chi connectivity index (χ0n) is 5.00. The summed E-state index contributed by atoms with van der Waals surface area (Å²) in [4.78, 5) is 0. The minimum Gasteiger partial charge on any atom is -0.384 e. The molecule has 9 heavy (non-hydrogen) atoms. The van der Waals surface area contributed by atoms with Crippen LogP contribution in [0.25, 0.3) is 0 Å². The second kappa shape index (κ2) is 3.30. The Balaban J connectivity index is 2.72. The van der Waals surface area contributed by atoms with Gasteiger partial charge in [0.25, 0.3) is 0 Å². The molecule has 0 spiro atoms. The van der Waals surface area contributed by atoms with Gasteiger partial charge in [-0.15, -0.1) is 0 Å². The van der Waals surface area contributed by atoms with Crippen molar-refractivity contribution in [1.82, 2.24) is 0 Å². The Morgan fingerprint density at radius 1 is 1.22 bits per heavy atom. The van der Waals surface area contributed by atoms with Crippen molar-refractivity contribution < 1.29 is 4.46 Å². The van der Waals surface area contributed by atoms with Crippen LogP contribution in [0.5, 0.6) is 0 Å². The van der Waals surface area contributed by atoms with Gasteiger partial charge in [-0.3, -0.25) is 0 Å². The standard InChI is InChI=1S/C7H7OSi/c8-9-6-7-4-2-1-3-5-7/h1-5H,6H2. The van der Waals surface area contributed by atoms with Gasteiger partial charge < -0.3 is 4.46 Å². The van der Waals surface area contributed by atoms with E-state index >= 15 is 0 Å². The maximum atomic E-state index is 10.1. The minimum atomic E-state index is -0.215. The van der Waals surface area contributed by atoms with Gasteiger partial charge in [-0.2, -0.15) is 0 Å². The lowest BCUT2D eigenvalue weighted by atomic mass is 10.2. The molecule has 0 bridgehead atoms. The molecule has 0 unspecified atom stereocenters. The summed E-state index contributed by atoms with van der Waals surface area (Å²) < 4.78 is 10.1. The molecule has 1 aromatic rings. The second-order valence-corrected chi connectivity index (χ2v) is 2.45. The van der Waals surface area contributed by atoms with Crippen molar-refractivity contribution >= 4 is 9.41 Å². The molecule has 0 aliphatic heterocycles. The smallest absolute Gasteiger partial charge is 0.330 e. The van der Waals surface area contributed by atoms with Crippen molar-refractivity contribution in [1.29, 1.82) is 0 Å². The highest BCUT2D eigenvalue weighted by Crippen LogP contribution is 1.95. The van der Waals surface area contributed by atoms with Crippen LogP contribution in [-0.2, 0) is 10.5 Å². The molecule has 0 amide bonds. The molecule has 1 aromatic carbocycles. The quantitative estimate of drug-likeness (QED) is 0.557. The molecular weight excluding hydrogens is 128 g/mol. The van der Waals surface area contributed by atoms with E-state index in [1.165, 1.54) is 0 Å². The fourth-order valence-electron chi connectivity index (χ4n) is 0.679. The summed E-state index contributed by atoms with van der Waals surface area (Å²) in [6, 6.07) is 10.5. The van der Waals surface area contributed by atoms with E-state index in [2.05, 4.69) is 0 Å². The third-order valence-electron chi connectivity index (χ3n) is 1.12. The average molecular weight is 135 g/mol. The molecule has 0 saturated heterocycles. The molecule has 1 radical (unpaired) electrons. The van der Waals surface area contributed by atoms with Crippen LogP contribution in [0.2, 0.25) is 0 Å². The zero-order chi connectivity index (χ0) is 6.53. The molecule has 0 fully saturated rings. The van der Waals surface area contributed by atoms with Crippen LogP contribution in [0.3, 0.4) is 0 Å². The maximum Gasteiger partial charge on any atom is 0.330 e. The van der Waals surface area contributed by atoms with Crippen LogP contribution in [0.4, 0.5) is 0 Å². The van der Waals surface area contributed by atoms with E-state index in [1.54, 1.807) is 0 Å². The zero-order valence-corrected chi connectivity index (χ0v) is 6.00. The van der Waals surface area contributed by atoms with E-state index in [9.17, 15) is 4.46 Å². The van der Waals surface area contributed by atoms with Gasteiger partial charge in [-0.1, -0.05) is 30.3 Å². The van der Waals surface area contributed by atoms with E-state index in [0.717, 1.165) is 5.56 Å². The van der Waals surface area contributed by atoms with Crippen molar-refractivity contribution in [3.05, 3.63) is 35.9 Å². The molecule has 0 aromatic heterocycles. The lowest BCUT2D eigenvalue weighted by Crippen LogP contribution is -1.84. The molecule has 0 N–H and O–H groups in total. The van der Waals surface area contributed by atoms with Crippen LogP contribution >= 0.6 is 0 Å². The molecule has 0 aliphatic rings. The number of hydrogen-bond acceptors (Lipinski definition) is 1. The lowest BCUT2D eigenvalue weighted by Gasteiger charge is -1.88. The van der Waals surface area contributed by atoms with E-state index in [1.807, 2.05) is 30.3 Å². The Morgan fingerprint density at radius 3 is 2.44 bits per heavy atom. The number of hydrogen-bond donors (Lipinski definition) is 0. The summed E-state index contributed by atoms with van der Waals surface area (Å²) >= 11 is 0. The van der Waals surface area contributed by atoms with Gasteiger partial charge in [0.2, 0.25) is 0 Å². The third kappa shape index (κ3) is 1.89. The summed E-state index contributed by atoms with van der Waals surface area (Å²) in [5.41, 5.74) is 1.14. The van der Waals surface area contributed by atoms with Crippen molar-refractivity contribution in [3.63, 3.8) is 0 Å². The number of rotatable bonds is 2. The van der Waals surface area contributed by atoms with E-state index in [-0.39, 0.29) is 9.41 Å². The van der Waals surface area contributed by atoms with Crippen molar-refractivity contribution in [2.75, 3.05) is 0 Å². The van der Waals surface area contributed by atoms with Gasteiger partial charge in [0.1, 0.15) is 0 Å². The van der Waals surface area contributed by atoms with Crippen LogP contribution < -0.4 is 0 Å². The van der Waals surface area contributed by atoms with Gasteiger partial charge in [0.05, 0.1) is 0 Å². The Kier molecular flexibility index (Phi) is 2.33. The first-order valence-corrected chi connectivity index (χ1v) is 3.94. The summed E-state index contributed by atoms with van der Waals surface area (Å²) in [5, 5.41) is 0. The third-order valence-corrected chi connectivity index (χ3v) is 1.67. The largest absolute Gasteiger partial charge is 0.384 e. The molecule has 2 heteroatoms. The lowest BCUT2D eigenvalue weighted by molar-refractivity contribution is 0.576. The average Bonchev–Trinajstić information content (AvgIpc) is 1.91. The monoisotopic (exact) mass is 135 g/mol. The van der Waals surface area contributed by atoms with Gasteiger partial charge in [-0.25, -0.2) is 0 Å². The van der Waals surface area contributed by atoms with Gasteiger partial charge in [-0.05, 0) is 5.56 Å². The molecular formula is C7H7OSi. The molecule has 1 rings (SSSR count). The Labute approximate surface area is 56.6 Å². The van der Waals surface area contributed by atoms with Crippen molar-refractivity contribution in [3.8, 4) is 0 Å². The second-order valence-electron chi connectivity index (χ2n) is 1.81. The Morgan fingerprint density at radius 2 is 1.89 bits per heavy atom. The normalized spacial score (nSPS) is 8.89. The molecule has 0 saturated carbocycles.